The molecule has 6 nitrogen and oxygen atoms in total. The van der Waals surface area contributed by atoms with Crippen LogP contribution >= 0.6 is 25.1 Å². The monoisotopic (exact) mass is 770 g/mol. The van der Waals surface area contributed by atoms with Crippen molar-refractivity contribution in [1.82, 2.24) is 0 Å². The van der Waals surface area contributed by atoms with Gasteiger partial charge in [0.2, 0.25) is 0 Å². The molecular weight excluding hydrogens is 741 g/mol. The number of hydrogen-bond acceptors (Lipinski definition) is 6. The van der Waals surface area contributed by atoms with Crippen LogP contribution in [0.4, 0.5) is 0 Å². The van der Waals surface area contributed by atoms with E-state index in [1.807, 2.05) is 127 Å². The molecule has 2 atom stereocenters. The normalized spacial score (nSPS) is 16.1. The lowest BCUT2D eigenvalue weighted by molar-refractivity contribution is 0.487. The molecule has 0 spiro atoms. The first-order chi connectivity index (χ1) is 27.2. The Hall–Kier alpha value is -5.89. The van der Waals surface area contributed by atoms with Crippen molar-refractivity contribution >= 4 is 84.1 Å². The van der Waals surface area contributed by atoms with Gasteiger partial charge in [-0.15, -0.1) is 0 Å². The topological polar surface area (TPSA) is 55.4 Å². The van der Waals surface area contributed by atoms with Crippen LogP contribution < -0.4 is 43.1 Å². The molecule has 0 saturated heterocycles. The maximum atomic E-state index is 7.12. The second-order valence-electron chi connectivity index (χ2n) is 13.2. The zero-order valence-corrected chi connectivity index (χ0v) is 31.7. The Bertz CT molecular complexity index is 2730. The minimum atomic E-state index is -1.73. The molecule has 0 saturated carbocycles. The summed E-state index contributed by atoms with van der Waals surface area (Å²) < 4.78 is 41.0. The first-order valence-corrected chi connectivity index (χ1v) is 21.4. The summed E-state index contributed by atoms with van der Waals surface area (Å²) in [5.74, 6) is 4.41. The second-order valence-corrected chi connectivity index (χ2v) is 17.3. The van der Waals surface area contributed by atoms with Crippen molar-refractivity contribution in [2.75, 3.05) is 0 Å². The Morgan fingerprint density at radius 3 is 1.22 bits per heavy atom. The van der Waals surface area contributed by atoms with Gasteiger partial charge < -0.3 is 27.1 Å². The molecular formula is C46H29O6P3. The van der Waals surface area contributed by atoms with E-state index in [0.29, 0.717) is 11.5 Å². The van der Waals surface area contributed by atoms with E-state index in [-0.39, 0.29) is 0 Å². The second kappa shape index (κ2) is 13.4. The van der Waals surface area contributed by atoms with Crippen LogP contribution in [-0.2, 0) is 0 Å². The van der Waals surface area contributed by atoms with Crippen molar-refractivity contribution in [3.05, 3.63) is 176 Å². The van der Waals surface area contributed by atoms with E-state index >= 15 is 0 Å². The molecule has 264 valence electrons. The minimum Gasteiger partial charge on any atom is -0.434 e. The minimum absolute atomic E-state index is 0.663. The van der Waals surface area contributed by atoms with Crippen LogP contribution in [-0.4, -0.2) is 0 Å². The third kappa shape index (κ3) is 5.69. The quantitative estimate of drug-likeness (QED) is 0.119. The molecule has 0 fully saturated rings. The van der Waals surface area contributed by atoms with Crippen LogP contribution in [0.5, 0.6) is 34.5 Å². The highest BCUT2D eigenvalue weighted by atomic mass is 31.2. The fraction of sp³-hybridized carbons (Fsp3) is 0. The summed E-state index contributed by atoms with van der Waals surface area (Å²) in [6.45, 7) is 0. The van der Waals surface area contributed by atoms with Crippen LogP contribution in [0.1, 0.15) is 0 Å². The zero-order chi connectivity index (χ0) is 36.3. The maximum absolute atomic E-state index is 7.12. The molecule has 2 heterocycles. The van der Waals surface area contributed by atoms with Gasteiger partial charge in [-0.2, -0.15) is 0 Å². The number of fused-ring (bicyclic) bond motifs is 4. The van der Waals surface area contributed by atoms with E-state index in [4.69, 9.17) is 27.1 Å². The average molecular weight is 771 g/mol. The Labute approximate surface area is 320 Å². The van der Waals surface area contributed by atoms with Gasteiger partial charge in [0.25, 0.3) is 0 Å². The SMILES string of the molecule is c1ccc(P(Oc2cccc3cc4cccc5c4c(c23)OP(c2ccccc2)O5)Oc2cccc3cc4cccc5c4c(c23)OP(c2ccccc2)O5)cc1. The molecule has 9 aromatic carbocycles. The molecule has 0 radical (unpaired) electrons. The molecule has 2 unspecified atom stereocenters. The first-order valence-electron chi connectivity index (χ1n) is 17.9. The van der Waals surface area contributed by atoms with E-state index < -0.39 is 25.1 Å². The van der Waals surface area contributed by atoms with E-state index in [0.717, 1.165) is 82.0 Å². The van der Waals surface area contributed by atoms with Gasteiger partial charge in [-0.3, -0.25) is 0 Å². The molecule has 0 aromatic heterocycles. The Balaban J connectivity index is 1.06. The molecule has 9 heteroatoms. The third-order valence-electron chi connectivity index (χ3n) is 9.74. The summed E-state index contributed by atoms with van der Waals surface area (Å²) in [4.78, 5) is 0. The lowest BCUT2D eigenvalue weighted by Gasteiger charge is -2.28. The van der Waals surface area contributed by atoms with Crippen molar-refractivity contribution in [3.63, 3.8) is 0 Å². The van der Waals surface area contributed by atoms with Gasteiger partial charge in [-0.1, -0.05) is 103 Å². The Morgan fingerprint density at radius 1 is 0.364 bits per heavy atom. The summed E-state index contributed by atoms with van der Waals surface area (Å²) in [6.07, 6.45) is 0. The molecule has 2 aliphatic rings. The van der Waals surface area contributed by atoms with E-state index in [2.05, 4.69) is 48.5 Å². The molecule has 9 aromatic rings. The van der Waals surface area contributed by atoms with Gasteiger partial charge in [-0.05, 0) is 94.3 Å². The standard InChI is InChI=1S/C46H29O6P3/c1-4-18-34(19-5-1)53(47-37-24-10-14-30-28-32-16-12-26-39-43(32)45(41(30)37)51-54(49-39)35-20-6-2-7-21-35)48-38-25-11-15-31-29-33-17-13-27-40-44(33)46(42(31)38)52-55(50-40)36-22-8-3-9-23-36/h1-29H. The van der Waals surface area contributed by atoms with Crippen LogP contribution in [0.2, 0.25) is 0 Å². The van der Waals surface area contributed by atoms with Gasteiger partial charge in [0.05, 0.1) is 37.5 Å². The van der Waals surface area contributed by atoms with Gasteiger partial charge in [0.1, 0.15) is 23.0 Å². The summed E-state index contributed by atoms with van der Waals surface area (Å²) in [6, 6.07) is 59.2. The lowest BCUT2D eigenvalue weighted by atomic mass is 10.0. The highest BCUT2D eigenvalue weighted by Gasteiger charge is 2.32. The van der Waals surface area contributed by atoms with Crippen LogP contribution in [0.15, 0.2) is 176 Å². The summed E-state index contributed by atoms with van der Waals surface area (Å²) in [5, 5.41) is 10.6. The van der Waals surface area contributed by atoms with Crippen LogP contribution in [0.3, 0.4) is 0 Å². The number of hydrogen-bond donors (Lipinski definition) is 0. The van der Waals surface area contributed by atoms with Gasteiger partial charge >= 0.3 is 25.1 Å². The van der Waals surface area contributed by atoms with Crippen LogP contribution in [0.25, 0.3) is 43.1 Å². The molecule has 0 N–H and O–H groups in total. The summed E-state index contributed by atoms with van der Waals surface area (Å²) >= 11 is 0. The number of rotatable bonds is 7. The van der Waals surface area contributed by atoms with Crippen LogP contribution in [0, 0.1) is 0 Å². The molecule has 0 amide bonds. The van der Waals surface area contributed by atoms with Crippen molar-refractivity contribution in [2.45, 2.75) is 0 Å². The third-order valence-corrected chi connectivity index (χ3v) is 14.0. The van der Waals surface area contributed by atoms with Gasteiger partial charge in [0, 0.05) is 0 Å². The molecule has 11 rings (SSSR count). The average Bonchev–Trinajstić information content (AvgIpc) is 3.24. The van der Waals surface area contributed by atoms with Gasteiger partial charge in [-0.25, -0.2) is 0 Å². The fourth-order valence-corrected chi connectivity index (χ4v) is 11.3. The Kier molecular flexibility index (Phi) is 7.95. The smallest absolute Gasteiger partial charge is 0.326 e. The largest absolute Gasteiger partial charge is 0.434 e. The number of benzene rings is 9. The highest BCUT2D eigenvalue weighted by Crippen LogP contribution is 2.58. The predicted molar refractivity (Wildman–Crippen MR) is 226 cm³/mol. The van der Waals surface area contributed by atoms with E-state index in [1.54, 1.807) is 0 Å². The van der Waals surface area contributed by atoms with Crippen molar-refractivity contribution in [1.29, 1.82) is 0 Å². The van der Waals surface area contributed by atoms with E-state index in [1.165, 1.54) is 0 Å². The van der Waals surface area contributed by atoms with Crippen molar-refractivity contribution < 1.29 is 27.1 Å². The van der Waals surface area contributed by atoms with Gasteiger partial charge in [0.15, 0.2) is 11.5 Å². The summed E-state index contributed by atoms with van der Waals surface area (Å²) in [7, 11) is -4.59. The first kappa shape index (κ1) is 32.5. The zero-order valence-electron chi connectivity index (χ0n) is 29.0. The molecule has 55 heavy (non-hydrogen) atoms. The Morgan fingerprint density at radius 2 is 0.764 bits per heavy atom. The maximum Gasteiger partial charge on any atom is 0.326 e. The molecule has 0 aliphatic carbocycles. The predicted octanol–water partition coefficient (Wildman–Crippen LogP) is 12.2. The van der Waals surface area contributed by atoms with Crippen molar-refractivity contribution in [3.8, 4) is 34.5 Å². The molecule has 2 aliphatic heterocycles. The highest BCUT2D eigenvalue weighted by molar-refractivity contribution is 7.57. The lowest BCUT2D eigenvalue weighted by Crippen LogP contribution is -2.14. The van der Waals surface area contributed by atoms with Crippen molar-refractivity contribution in [2.24, 2.45) is 0 Å². The van der Waals surface area contributed by atoms with E-state index in [9.17, 15) is 0 Å². The molecule has 0 bridgehead atoms. The summed E-state index contributed by atoms with van der Waals surface area (Å²) in [5.41, 5.74) is 0. The fourth-order valence-electron chi connectivity index (χ4n) is 7.26.